The molecule has 0 aromatic heterocycles. The standard InChI is InChI=1S/C29H42N4O6S/c1-20-9-12-24(13-10-20)40(37,38)32(6)18-27-21(2)17-33(22(3)19-34)29(36)25-16-23(11-14-26(25)39-27)30-28(35)8-7-15-31(4)5/h9-14,16,21-22,27,34H,7-8,15,17-19H2,1-6H3,(H,30,35)/t21-,22+,27+/m0/s1. The van der Waals surface area contributed by atoms with Gasteiger partial charge in [0.1, 0.15) is 11.9 Å². The van der Waals surface area contributed by atoms with Crippen molar-refractivity contribution in [3.63, 3.8) is 0 Å². The van der Waals surface area contributed by atoms with E-state index in [1.807, 2.05) is 32.8 Å². The molecule has 3 rings (SSSR count). The molecule has 0 saturated heterocycles. The summed E-state index contributed by atoms with van der Waals surface area (Å²) in [6, 6.07) is 11.1. The van der Waals surface area contributed by atoms with Crippen LogP contribution in [0.4, 0.5) is 5.69 Å². The molecule has 1 heterocycles. The number of hydrogen-bond acceptors (Lipinski definition) is 7. The molecule has 11 heteroatoms. The second kappa shape index (κ2) is 13.6. The van der Waals surface area contributed by atoms with Crippen LogP contribution in [0.3, 0.4) is 0 Å². The number of carbonyl (C=O) groups is 2. The maximum atomic E-state index is 13.6. The van der Waals surface area contributed by atoms with Gasteiger partial charge in [-0.1, -0.05) is 24.6 Å². The third-order valence-electron chi connectivity index (χ3n) is 7.12. The predicted molar refractivity (Wildman–Crippen MR) is 155 cm³/mol. The number of fused-ring (bicyclic) bond motifs is 1. The van der Waals surface area contributed by atoms with Gasteiger partial charge in [0.25, 0.3) is 5.91 Å². The number of benzene rings is 2. The minimum Gasteiger partial charge on any atom is -0.488 e. The normalized spacial score (nSPS) is 18.6. The van der Waals surface area contributed by atoms with Crippen LogP contribution in [0.2, 0.25) is 0 Å². The third kappa shape index (κ3) is 7.81. The molecule has 2 aromatic rings. The number of aryl methyl sites for hydroxylation is 1. The molecule has 1 aliphatic heterocycles. The number of amides is 2. The Kier molecular flexibility index (Phi) is 10.7. The van der Waals surface area contributed by atoms with E-state index in [0.717, 1.165) is 12.1 Å². The van der Waals surface area contributed by atoms with E-state index in [-0.39, 0.29) is 47.9 Å². The molecule has 2 N–H and O–H groups in total. The maximum absolute atomic E-state index is 13.6. The monoisotopic (exact) mass is 574 g/mol. The van der Waals surface area contributed by atoms with Crippen LogP contribution in [0.1, 0.15) is 42.6 Å². The molecular weight excluding hydrogens is 532 g/mol. The second-order valence-electron chi connectivity index (χ2n) is 10.9. The van der Waals surface area contributed by atoms with E-state index >= 15 is 0 Å². The number of rotatable bonds is 11. The van der Waals surface area contributed by atoms with Crippen LogP contribution in [-0.4, -0.2) is 99.0 Å². The fourth-order valence-electron chi connectivity index (χ4n) is 4.54. The molecule has 0 spiro atoms. The molecule has 3 atom stereocenters. The summed E-state index contributed by atoms with van der Waals surface area (Å²) in [5.41, 5.74) is 1.67. The largest absolute Gasteiger partial charge is 0.488 e. The van der Waals surface area contributed by atoms with E-state index in [9.17, 15) is 23.1 Å². The van der Waals surface area contributed by atoms with Gasteiger partial charge in [0.15, 0.2) is 0 Å². The van der Waals surface area contributed by atoms with Crippen molar-refractivity contribution in [3.05, 3.63) is 53.6 Å². The average Bonchev–Trinajstić information content (AvgIpc) is 2.90. The number of aliphatic hydroxyl groups excluding tert-OH is 1. The van der Waals surface area contributed by atoms with Gasteiger partial charge in [0.05, 0.1) is 29.7 Å². The number of ether oxygens (including phenoxy) is 1. The quantitative estimate of drug-likeness (QED) is 0.424. The fraction of sp³-hybridized carbons (Fsp3) is 0.517. The lowest BCUT2D eigenvalue weighted by molar-refractivity contribution is -0.116. The molecule has 0 saturated carbocycles. The number of hydrogen-bond donors (Lipinski definition) is 2. The third-order valence-corrected chi connectivity index (χ3v) is 8.96. The second-order valence-corrected chi connectivity index (χ2v) is 12.9. The van der Waals surface area contributed by atoms with Gasteiger partial charge in [-0.2, -0.15) is 4.31 Å². The van der Waals surface area contributed by atoms with Gasteiger partial charge in [0, 0.05) is 31.6 Å². The first-order valence-electron chi connectivity index (χ1n) is 13.5. The number of nitrogens with one attached hydrogen (secondary N) is 1. The van der Waals surface area contributed by atoms with Gasteiger partial charge in [0.2, 0.25) is 15.9 Å². The Morgan fingerprint density at radius 1 is 1.18 bits per heavy atom. The summed E-state index contributed by atoms with van der Waals surface area (Å²) >= 11 is 0. The number of carbonyl (C=O) groups excluding carboxylic acids is 2. The molecule has 40 heavy (non-hydrogen) atoms. The zero-order valence-electron chi connectivity index (χ0n) is 24.3. The van der Waals surface area contributed by atoms with Gasteiger partial charge in [-0.3, -0.25) is 9.59 Å². The Hall–Kier alpha value is -2.99. The highest BCUT2D eigenvalue weighted by Gasteiger charge is 2.35. The molecule has 10 nitrogen and oxygen atoms in total. The van der Waals surface area contributed by atoms with E-state index in [1.165, 1.54) is 11.4 Å². The highest BCUT2D eigenvalue weighted by Crippen LogP contribution is 2.31. The summed E-state index contributed by atoms with van der Waals surface area (Å²) in [6.45, 7) is 6.40. The molecule has 0 bridgehead atoms. The molecule has 2 aromatic carbocycles. The minimum atomic E-state index is -3.77. The number of nitrogens with zero attached hydrogens (tertiary/aromatic N) is 3. The molecule has 0 radical (unpaired) electrons. The van der Waals surface area contributed by atoms with Gasteiger partial charge in [-0.25, -0.2) is 8.42 Å². The van der Waals surface area contributed by atoms with Crippen molar-refractivity contribution in [2.24, 2.45) is 5.92 Å². The van der Waals surface area contributed by atoms with Crippen molar-refractivity contribution in [3.8, 4) is 5.75 Å². The van der Waals surface area contributed by atoms with E-state index in [4.69, 9.17) is 4.74 Å². The molecule has 1 aliphatic rings. The lowest BCUT2D eigenvalue weighted by Gasteiger charge is -2.38. The van der Waals surface area contributed by atoms with E-state index in [0.29, 0.717) is 24.3 Å². The summed E-state index contributed by atoms with van der Waals surface area (Å²) in [6.07, 6.45) is 0.456. The van der Waals surface area contributed by atoms with Crippen molar-refractivity contribution in [2.75, 3.05) is 52.7 Å². The summed E-state index contributed by atoms with van der Waals surface area (Å²) < 4.78 is 34.2. The molecule has 0 aliphatic carbocycles. The maximum Gasteiger partial charge on any atom is 0.258 e. The first kappa shape index (κ1) is 31.5. The summed E-state index contributed by atoms with van der Waals surface area (Å²) in [5, 5.41) is 12.7. The van der Waals surface area contributed by atoms with Crippen LogP contribution in [-0.2, 0) is 14.8 Å². The van der Waals surface area contributed by atoms with Crippen molar-refractivity contribution in [1.29, 1.82) is 0 Å². The van der Waals surface area contributed by atoms with Gasteiger partial charge < -0.3 is 25.0 Å². The zero-order chi connectivity index (χ0) is 29.6. The Labute approximate surface area is 238 Å². The van der Waals surface area contributed by atoms with Gasteiger partial charge in [-0.05, 0) is 71.2 Å². The fourth-order valence-corrected chi connectivity index (χ4v) is 5.72. The summed E-state index contributed by atoms with van der Waals surface area (Å²) in [7, 11) is 1.63. The van der Waals surface area contributed by atoms with Crippen LogP contribution in [0, 0.1) is 12.8 Å². The van der Waals surface area contributed by atoms with Crippen molar-refractivity contribution in [2.45, 2.75) is 50.7 Å². The van der Waals surface area contributed by atoms with E-state index in [1.54, 1.807) is 54.3 Å². The van der Waals surface area contributed by atoms with Crippen LogP contribution < -0.4 is 10.1 Å². The van der Waals surface area contributed by atoms with Crippen LogP contribution in [0.5, 0.6) is 5.75 Å². The number of aliphatic hydroxyl groups is 1. The van der Waals surface area contributed by atoms with E-state index in [2.05, 4.69) is 5.32 Å². The Bertz CT molecular complexity index is 1280. The van der Waals surface area contributed by atoms with Crippen molar-refractivity contribution >= 4 is 27.5 Å². The molecule has 2 amide bonds. The lowest BCUT2D eigenvalue weighted by Crippen LogP contribution is -2.50. The Morgan fingerprint density at radius 3 is 2.48 bits per heavy atom. The highest BCUT2D eigenvalue weighted by molar-refractivity contribution is 7.89. The predicted octanol–water partition coefficient (Wildman–Crippen LogP) is 2.82. The summed E-state index contributed by atoms with van der Waals surface area (Å²) in [5.74, 6) is -0.441. The van der Waals surface area contributed by atoms with E-state index < -0.39 is 22.2 Å². The topological polar surface area (TPSA) is 119 Å². The van der Waals surface area contributed by atoms with Crippen LogP contribution in [0.25, 0.3) is 0 Å². The van der Waals surface area contributed by atoms with Crippen LogP contribution >= 0.6 is 0 Å². The molecule has 220 valence electrons. The van der Waals surface area contributed by atoms with Crippen molar-refractivity contribution in [1.82, 2.24) is 14.1 Å². The lowest BCUT2D eigenvalue weighted by atomic mass is 9.99. The van der Waals surface area contributed by atoms with Gasteiger partial charge >= 0.3 is 0 Å². The smallest absolute Gasteiger partial charge is 0.258 e. The first-order valence-corrected chi connectivity index (χ1v) is 15.0. The highest BCUT2D eigenvalue weighted by atomic mass is 32.2. The first-order chi connectivity index (χ1) is 18.8. The SMILES string of the molecule is Cc1ccc(S(=O)(=O)N(C)C[C@H]2Oc3ccc(NC(=O)CCCN(C)C)cc3C(=O)N([C@H](C)CO)C[C@@H]2C)cc1. The zero-order valence-corrected chi connectivity index (χ0v) is 25.1. The number of anilines is 1. The Balaban J connectivity index is 1.89. The van der Waals surface area contributed by atoms with Gasteiger partial charge in [-0.15, -0.1) is 0 Å². The van der Waals surface area contributed by atoms with Crippen molar-refractivity contribution < 1.29 is 27.9 Å². The van der Waals surface area contributed by atoms with Crippen LogP contribution in [0.15, 0.2) is 47.4 Å². The number of sulfonamides is 1. The minimum absolute atomic E-state index is 0.0523. The molecular formula is C29H42N4O6S. The molecule has 0 unspecified atom stereocenters. The summed E-state index contributed by atoms with van der Waals surface area (Å²) in [4.78, 5) is 29.9. The molecule has 0 fully saturated rings. The average molecular weight is 575 g/mol. The Morgan fingerprint density at radius 2 is 1.85 bits per heavy atom. The number of likely N-dealkylation sites (N-methyl/N-ethyl adjacent to an activating group) is 1.